The van der Waals surface area contributed by atoms with Crippen LogP contribution in [0.2, 0.25) is 5.02 Å². The van der Waals surface area contributed by atoms with Crippen LogP contribution in [0, 0.1) is 6.92 Å². The van der Waals surface area contributed by atoms with E-state index in [1.165, 1.54) is 6.39 Å². The van der Waals surface area contributed by atoms with E-state index in [1.807, 2.05) is 31.2 Å². The van der Waals surface area contributed by atoms with Crippen LogP contribution in [0.3, 0.4) is 0 Å². The molecule has 0 spiro atoms. The van der Waals surface area contributed by atoms with Gasteiger partial charge in [0.1, 0.15) is 0 Å². The van der Waals surface area contributed by atoms with E-state index in [4.69, 9.17) is 16.0 Å². The van der Waals surface area contributed by atoms with Gasteiger partial charge in [0, 0.05) is 10.6 Å². The Hall–Kier alpha value is -1.28. The molecule has 0 unspecified atom stereocenters. The van der Waals surface area contributed by atoms with E-state index in [-0.39, 0.29) is 0 Å². The molecule has 1 aromatic heterocycles. The maximum absolute atomic E-state index is 5.85. The van der Waals surface area contributed by atoms with Gasteiger partial charge in [0.2, 0.25) is 0 Å². The number of rotatable bonds is 1. The van der Waals surface area contributed by atoms with Crippen molar-refractivity contribution in [2.45, 2.75) is 6.92 Å². The van der Waals surface area contributed by atoms with Gasteiger partial charge < -0.3 is 4.42 Å². The normalized spacial score (nSPS) is 10.3. The molecule has 0 saturated carbocycles. The number of aromatic nitrogens is 1. The summed E-state index contributed by atoms with van der Waals surface area (Å²) in [5.41, 5.74) is 1.84. The lowest BCUT2D eigenvalue weighted by Gasteiger charge is -1.97. The first-order valence-corrected chi connectivity index (χ1v) is 4.31. The molecule has 13 heavy (non-hydrogen) atoms. The van der Waals surface area contributed by atoms with Gasteiger partial charge in [0.15, 0.2) is 12.2 Å². The lowest BCUT2D eigenvalue weighted by Crippen LogP contribution is -1.78. The summed E-state index contributed by atoms with van der Waals surface area (Å²) in [5.74, 6) is 0.780. The first-order valence-electron chi connectivity index (χ1n) is 3.93. The molecule has 0 fully saturated rings. The molecule has 0 bridgehead atoms. The maximum atomic E-state index is 5.85. The topological polar surface area (TPSA) is 26.0 Å². The lowest BCUT2D eigenvalue weighted by atomic mass is 10.1. The fourth-order valence-corrected chi connectivity index (χ4v) is 1.40. The third-order valence-electron chi connectivity index (χ3n) is 1.83. The number of hydrogen-bond acceptors (Lipinski definition) is 2. The second-order valence-corrected chi connectivity index (χ2v) is 3.21. The van der Waals surface area contributed by atoms with Crippen LogP contribution in [0.15, 0.2) is 35.1 Å². The van der Waals surface area contributed by atoms with Gasteiger partial charge in [-0.3, -0.25) is 0 Å². The predicted octanol–water partition coefficient (Wildman–Crippen LogP) is 3.30. The molecular weight excluding hydrogens is 186 g/mol. The highest BCUT2D eigenvalue weighted by molar-refractivity contribution is 6.30. The Morgan fingerprint density at radius 1 is 1.38 bits per heavy atom. The summed E-state index contributed by atoms with van der Waals surface area (Å²) >= 11 is 5.85. The Kier molecular flexibility index (Phi) is 2.07. The highest BCUT2D eigenvalue weighted by Crippen LogP contribution is 2.24. The smallest absolute Gasteiger partial charge is 0.181 e. The van der Waals surface area contributed by atoms with Gasteiger partial charge in [-0.2, -0.15) is 0 Å². The molecule has 0 saturated heterocycles. The Bertz CT molecular complexity index is 422. The molecule has 0 N–H and O–H groups in total. The van der Waals surface area contributed by atoms with E-state index in [0.29, 0.717) is 5.02 Å². The molecule has 0 aliphatic heterocycles. The summed E-state index contributed by atoms with van der Waals surface area (Å²) in [6, 6.07) is 7.52. The largest absolute Gasteiger partial charge is 0.443 e. The number of halogens is 1. The number of nitrogens with zero attached hydrogens (tertiary/aromatic N) is 1. The average Bonchev–Trinajstić information content (AvgIpc) is 2.51. The summed E-state index contributed by atoms with van der Waals surface area (Å²) in [7, 11) is 0. The van der Waals surface area contributed by atoms with Gasteiger partial charge in [-0.15, -0.1) is 0 Å². The van der Waals surface area contributed by atoms with Crippen LogP contribution in [-0.4, -0.2) is 4.98 Å². The highest BCUT2D eigenvalue weighted by Gasteiger charge is 2.05. The fraction of sp³-hybridized carbons (Fsp3) is 0.100. The number of aryl methyl sites for hydroxylation is 1. The van der Waals surface area contributed by atoms with Crippen molar-refractivity contribution < 1.29 is 4.42 Å². The summed E-state index contributed by atoms with van der Waals surface area (Å²) in [5, 5.41) is 0.702. The summed E-state index contributed by atoms with van der Waals surface area (Å²) in [6.07, 6.45) is 1.44. The third kappa shape index (κ3) is 1.58. The van der Waals surface area contributed by atoms with Crippen molar-refractivity contribution in [3.8, 4) is 11.3 Å². The van der Waals surface area contributed by atoms with Crippen molar-refractivity contribution in [3.63, 3.8) is 0 Å². The molecule has 0 aliphatic rings. The van der Waals surface area contributed by atoms with E-state index in [1.54, 1.807) is 0 Å². The first-order chi connectivity index (χ1) is 6.27. The molecule has 2 nitrogen and oxygen atoms in total. The van der Waals surface area contributed by atoms with Crippen molar-refractivity contribution in [1.29, 1.82) is 0 Å². The lowest BCUT2D eigenvalue weighted by molar-refractivity contribution is 0.571. The molecule has 3 heteroatoms. The van der Waals surface area contributed by atoms with Gasteiger partial charge in [0.25, 0.3) is 0 Å². The Morgan fingerprint density at radius 2 is 2.23 bits per heavy atom. The molecular formula is C10H8ClNO. The molecule has 2 aromatic rings. The second kappa shape index (κ2) is 3.23. The average molecular weight is 194 g/mol. The van der Waals surface area contributed by atoms with Crippen LogP contribution < -0.4 is 0 Å². The number of hydrogen-bond donors (Lipinski definition) is 0. The Labute approximate surface area is 81.2 Å². The van der Waals surface area contributed by atoms with Crippen LogP contribution in [0.25, 0.3) is 11.3 Å². The molecule has 0 aliphatic carbocycles. The van der Waals surface area contributed by atoms with Crippen LogP contribution in [0.1, 0.15) is 5.69 Å². The quantitative estimate of drug-likeness (QED) is 0.695. The SMILES string of the molecule is Cc1ncoc1-c1cccc(Cl)c1. The number of oxazole rings is 1. The van der Waals surface area contributed by atoms with Crippen molar-refractivity contribution >= 4 is 11.6 Å². The van der Waals surface area contributed by atoms with Crippen LogP contribution in [0.5, 0.6) is 0 Å². The summed E-state index contributed by atoms with van der Waals surface area (Å²) in [6.45, 7) is 1.90. The second-order valence-electron chi connectivity index (χ2n) is 2.78. The monoisotopic (exact) mass is 193 g/mol. The van der Waals surface area contributed by atoms with E-state index >= 15 is 0 Å². The van der Waals surface area contributed by atoms with Gasteiger partial charge in [0.05, 0.1) is 5.69 Å². The molecule has 0 radical (unpaired) electrons. The van der Waals surface area contributed by atoms with Gasteiger partial charge in [-0.1, -0.05) is 23.7 Å². The maximum Gasteiger partial charge on any atom is 0.181 e. The molecule has 0 atom stereocenters. The van der Waals surface area contributed by atoms with Gasteiger partial charge in [-0.25, -0.2) is 4.98 Å². The minimum absolute atomic E-state index is 0.702. The molecule has 1 aromatic carbocycles. The minimum atomic E-state index is 0.702. The zero-order valence-corrected chi connectivity index (χ0v) is 7.88. The zero-order valence-electron chi connectivity index (χ0n) is 7.12. The summed E-state index contributed by atoms with van der Waals surface area (Å²) < 4.78 is 5.24. The standard InChI is InChI=1S/C10H8ClNO/c1-7-10(13-6-12-7)8-3-2-4-9(11)5-8/h2-6H,1H3. The van der Waals surface area contributed by atoms with Crippen molar-refractivity contribution in [2.24, 2.45) is 0 Å². The van der Waals surface area contributed by atoms with E-state index in [2.05, 4.69) is 4.98 Å². The van der Waals surface area contributed by atoms with Crippen LogP contribution >= 0.6 is 11.6 Å². The van der Waals surface area contributed by atoms with Crippen molar-refractivity contribution in [2.75, 3.05) is 0 Å². The highest BCUT2D eigenvalue weighted by atomic mass is 35.5. The predicted molar refractivity (Wildman–Crippen MR) is 51.7 cm³/mol. The third-order valence-corrected chi connectivity index (χ3v) is 2.07. The van der Waals surface area contributed by atoms with Gasteiger partial charge in [-0.05, 0) is 19.1 Å². The molecule has 2 rings (SSSR count). The molecule has 0 amide bonds. The van der Waals surface area contributed by atoms with E-state index in [9.17, 15) is 0 Å². The van der Waals surface area contributed by atoms with E-state index < -0.39 is 0 Å². The van der Waals surface area contributed by atoms with Crippen LogP contribution in [-0.2, 0) is 0 Å². The first kappa shape index (κ1) is 8.32. The zero-order chi connectivity index (χ0) is 9.26. The van der Waals surface area contributed by atoms with Crippen molar-refractivity contribution in [1.82, 2.24) is 4.98 Å². The Morgan fingerprint density at radius 3 is 2.85 bits per heavy atom. The summed E-state index contributed by atoms with van der Waals surface area (Å²) in [4.78, 5) is 4.01. The van der Waals surface area contributed by atoms with Gasteiger partial charge >= 0.3 is 0 Å². The van der Waals surface area contributed by atoms with E-state index in [0.717, 1.165) is 17.0 Å². The molecule has 66 valence electrons. The molecule has 1 heterocycles. The Balaban J connectivity index is 2.53. The van der Waals surface area contributed by atoms with Crippen LogP contribution in [0.4, 0.5) is 0 Å². The number of benzene rings is 1. The van der Waals surface area contributed by atoms with Crippen molar-refractivity contribution in [3.05, 3.63) is 41.4 Å². The fourth-order valence-electron chi connectivity index (χ4n) is 1.21. The minimum Gasteiger partial charge on any atom is -0.443 e.